The molecule has 0 aliphatic rings. The Labute approximate surface area is 141 Å². The zero-order chi connectivity index (χ0) is 17.3. The van der Waals surface area contributed by atoms with Crippen molar-refractivity contribution in [3.63, 3.8) is 0 Å². The Hall–Kier alpha value is -3.06. The van der Waals surface area contributed by atoms with Crippen LogP contribution in [0, 0.1) is 10.1 Å². The fraction of sp³-hybridized carbons (Fsp3) is 0.0625. The molecular formula is C16H12ClN3O4. The predicted molar refractivity (Wildman–Crippen MR) is 91.1 cm³/mol. The largest absolute Gasteiger partial charge is 0.504 e. The molecule has 0 fully saturated rings. The maximum atomic E-state index is 10.8. The summed E-state index contributed by atoms with van der Waals surface area (Å²) in [5, 5.41) is 20.7. The van der Waals surface area contributed by atoms with Crippen molar-refractivity contribution in [2.75, 3.05) is 7.11 Å². The number of nitrogens with zero attached hydrogens (tertiary/aromatic N) is 2. The Balaban J connectivity index is 1.98. The highest BCUT2D eigenvalue weighted by Crippen LogP contribution is 2.29. The number of benzene rings is 2. The standard InChI is InChI=1S/C16H12ClN3O4/c1-24-15-7-9(2-5-14(15)21)6-11(17)16-18-12-4-3-10(20(22)23)8-13(12)19-16/h2-8,21H,1H3,(H,18,19). The van der Waals surface area contributed by atoms with Crippen molar-refractivity contribution in [2.24, 2.45) is 0 Å². The first-order valence-electron chi connectivity index (χ1n) is 6.86. The number of hydrogen-bond donors (Lipinski definition) is 2. The number of H-pyrrole nitrogens is 1. The molecule has 0 amide bonds. The summed E-state index contributed by atoms with van der Waals surface area (Å²) >= 11 is 6.28. The van der Waals surface area contributed by atoms with E-state index in [4.69, 9.17) is 16.3 Å². The lowest BCUT2D eigenvalue weighted by Crippen LogP contribution is -1.86. The minimum atomic E-state index is -0.472. The number of nitro groups is 1. The molecule has 1 heterocycles. The fourth-order valence-corrected chi connectivity index (χ4v) is 2.44. The van der Waals surface area contributed by atoms with Crippen LogP contribution in [0.3, 0.4) is 0 Å². The molecule has 8 heteroatoms. The zero-order valence-corrected chi connectivity index (χ0v) is 13.2. The molecule has 3 rings (SSSR count). The number of halogens is 1. The van der Waals surface area contributed by atoms with E-state index >= 15 is 0 Å². The summed E-state index contributed by atoms with van der Waals surface area (Å²) in [5.41, 5.74) is 1.78. The van der Waals surface area contributed by atoms with Crippen LogP contribution in [0.2, 0.25) is 0 Å². The molecule has 0 aliphatic carbocycles. The molecule has 2 N–H and O–H groups in total. The lowest BCUT2D eigenvalue weighted by atomic mass is 10.2. The van der Waals surface area contributed by atoms with Crippen LogP contribution in [-0.4, -0.2) is 27.1 Å². The fourth-order valence-electron chi connectivity index (χ4n) is 2.22. The van der Waals surface area contributed by atoms with Gasteiger partial charge in [-0.3, -0.25) is 10.1 Å². The van der Waals surface area contributed by atoms with Gasteiger partial charge >= 0.3 is 0 Å². The molecule has 0 saturated heterocycles. The van der Waals surface area contributed by atoms with Crippen molar-refractivity contribution in [1.82, 2.24) is 9.97 Å². The van der Waals surface area contributed by atoms with Gasteiger partial charge in [0.05, 0.1) is 28.1 Å². The number of aromatic hydroxyl groups is 1. The number of fused-ring (bicyclic) bond motifs is 1. The van der Waals surface area contributed by atoms with Gasteiger partial charge in [-0.1, -0.05) is 17.7 Å². The number of rotatable bonds is 4. The number of aromatic nitrogens is 2. The number of phenolic OH excluding ortho intramolecular Hbond substituents is 1. The second-order valence-corrected chi connectivity index (χ2v) is 5.37. The van der Waals surface area contributed by atoms with E-state index in [0.29, 0.717) is 33.2 Å². The second-order valence-electron chi connectivity index (χ2n) is 4.97. The Morgan fingerprint density at radius 2 is 2.17 bits per heavy atom. The van der Waals surface area contributed by atoms with Crippen molar-refractivity contribution in [2.45, 2.75) is 0 Å². The number of non-ortho nitro benzene ring substituents is 1. The normalized spacial score (nSPS) is 11.7. The van der Waals surface area contributed by atoms with Gasteiger partial charge in [-0.05, 0) is 29.8 Å². The van der Waals surface area contributed by atoms with Crippen LogP contribution in [0.5, 0.6) is 11.5 Å². The molecule has 0 radical (unpaired) electrons. The third kappa shape index (κ3) is 3.02. The van der Waals surface area contributed by atoms with E-state index in [2.05, 4.69) is 9.97 Å². The summed E-state index contributed by atoms with van der Waals surface area (Å²) in [7, 11) is 1.45. The Kier molecular flexibility index (Phi) is 4.09. The number of hydrogen-bond acceptors (Lipinski definition) is 5. The lowest BCUT2D eigenvalue weighted by Gasteiger charge is -2.04. The first kappa shape index (κ1) is 15.8. The molecule has 1 aromatic heterocycles. The van der Waals surface area contributed by atoms with Crippen LogP contribution < -0.4 is 4.74 Å². The summed E-state index contributed by atoms with van der Waals surface area (Å²) < 4.78 is 5.05. The molecule has 2 aromatic carbocycles. The van der Waals surface area contributed by atoms with Crippen LogP contribution in [0.1, 0.15) is 11.4 Å². The number of ether oxygens (including phenoxy) is 1. The highest BCUT2D eigenvalue weighted by Gasteiger charge is 2.11. The SMILES string of the molecule is COc1cc(C=C(Cl)c2nc3ccc([N+](=O)[O-])cc3[nH]2)ccc1O. The number of aromatic amines is 1. The molecular weight excluding hydrogens is 334 g/mol. The Morgan fingerprint density at radius 1 is 1.38 bits per heavy atom. The molecule has 122 valence electrons. The molecule has 0 spiro atoms. The van der Waals surface area contributed by atoms with E-state index in [1.165, 1.54) is 25.3 Å². The van der Waals surface area contributed by atoms with Gasteiger partial charge < -0.3 is 14.8 Å². The summed E-state index contributed by atoms with van der Waals surface area (Å²) in [6.45, 7) is 0. The van der Waals surface area contributed by atoms with Crippen molar-refractivity contribution in [3.05, 3.63) is 57.9 Å². The number of nitro benzene ring substituents is 1. The van der Waals surface area contributed by atoms with Gasteiger partial charge in [0.25, 0.3) is 5.69 Å². The van der Waals surface area contributed by atoms with Crippen LogP contribution in [-0.2, 0) is 0 Å². The Bertz CT molecular complexity index is 965. The van der Waals surface area contributed by atoms with Crippen molar-refractivity contribution >= 4 is 39.4 Å². The number of imidazole rings is 1. The molecule has 0 aliphatic heterocycles. The average Bonchev–Trinajstić information content (AvgIpc) is 2.99. The van der Waals surface area contributed by atoms with Gasteiger partial charge in [-0.2, -0.15) is 0 Å². The molecule has 3 aromatic rings. The Morgan fingerprint density at radius 3 is 2.88 bits per heavy atom. The molecule has 7 nitrogen and oxygen atoms in total. The number of phenols is 1. The van der Waals surface area contributed by atoms with Gasteiger partial charge in [0.2, 0.25) is 0 Å². The second kappa shape index (κ2) is 6.21. The average molecular weight is 346 g/mol. The van der Waals surface area contributed by atoms with Crippen LogP contribution in [0.25, 0.3) is 22.1 Å². The number of nitrogens with one attached hydrogen (secondary N) is 1. The smallest absolute Gasteiger partial charge is 0.271 e. The van der Waals surface area contributed by atoms with Gasteiger partial charge in [-0.25, -0.2) is 4.98 Å². The van der Waals surface area contributed by atoms with Gasteiger partial charge in [0.15, 0.2) is 11.5 Å². The molecule has 0 unspecified atom stereocenters. The van der Waals surface area contributed by atoms with E-state index < -0.39 is 4.92 Å². The minimum Gasteiger partial charge on any atom is -0.504 e. The summed E-state index contributed by atoms with van der Waals surface area (Å²) in [6, 6.07) is 9.14. The van der Waals surface area contributed by atoms with Gasteiger partial charge in [0.1, 0.15) is 5.82 Å². The van der Waals surface area contributed by atoms with Crippen LogP contribution >= 0.6 is 11.6 Å². The van der Waals surface area contributed by atoms with Crippen LogP contribution in [0.15, 0.2) is 36.4 Å². The first-order valence-corrected chi connectivity index (χ1v) is 7.24. The molecule has 0 saturated carbocycles. The quantitative estimate of drug-likeness (QED) is 0.551. The van der Waals surface area contributed by atoms with Gasteiger partial charge in [0, 0.05) is 12.1 Å². The van der Waals surface area contributed by atoms with E-state index in [-0.39, 0.29) is 11.4 Å². The minimum absolute atomic E-state index is 0.0268. The van der Waals surface area contributed by atoms with Crippen molar-refractivity contribution in [1.29, 1.82) is 0 Å². The lowest BCUT2D eigenvalue weighted by molar-refractivity contribution is -0.384. The third-order valence-electron chi connectivity index (χ3n) is 3.40. The van der Waals surface area contributed by atoms with Gasteiger partial charge in [-0.15, -0.1) is 0 Å². The van der Waals surface area contributed by atoms with Crippen molar-refractivity contribution < 1.29 is 14.8 Å². The number of methoxy groups -OCH3 is 1. The first-order chi connectivity index (χ1) is 11.5. The monoisotopic (exact) mass is 345 g/mol. The van der Waals surface area contributed by atoms with E-state index in [1.807, 2.05) is 0 Å². The molecule has 0 atom stereocenters. The summed E-state index contributed by atoms with van der Waals surface area (Å²) in [5.74, 6) is 0.745. The summed E-state index contributed by atoms with van der Waals surface area (Å²) in [4.78, 5) is 17.6. The third-order valence-corrected chi connectivity index (χ3v) is 3.69. The van der Waals surface area contributed by atoms with Crippen LogP contribution in [0.4, 0.5) is 5.69 Å². The highest BCUT2D eigenvalue weighted by molar-refractivity contribution is 6.50. The maximum absolute atomic E-state index is 10.8. The van der Waals surface area contributed by atoms with Crippen molar-refractivity contribution in [3.8, 4) is 11.5 Å². The molecule has 0 bridgehead atoms. The zero-order valence-electron chi connectivity index (χ0n) is 12.5. The maximum Gasteiger partial charge on any atom is 0.271 e. The van der Waals surface area contributed by atoms with E-state index in [0.717, 1.165) is 0 Å². The van der Waals surface area contributed by atoms with E-state index in [1.54, 1.807) is 24.3 Å². The highest BCUT2D eigenvalue weighted by atomic mass is 35.5. The van der Waals surface area contributed by atoms with E-state index in [9.17, 15) is 15.2 Å². The predicted octanol–water partition coefficient (Wildman–Crippen LogP) is 3.92. The topological polar surface area (TPSA) is 101 Å². The summed E-state index contributed by atoms with van der Waals surface area (Å²) in [6.07, 6.45) is 1.65. The molecule has 24 heavy (non-hydrogen) atoms.